The maximum absolute atomic E-state index is 12.7. The predicted molar refractivity (Wildman–Crippen MR) is 91.0 cm³/mol. The summed E-state index contributed by atoms with van der Waals surface area (Å²) < 4.78 is 22.4. The Bertz CT molecular complexity index is 634. The Morgan fingerprint density at radius 2 is 1.91 bits per heavy atom. The Kier molecular flexibility index (Phi) is 5.16. The minimum atomic E-state index is -1.17. The molecule has 0 N–H and O–H groups in total. The third-order valence-electron chi connectivity index (χ3n) is 3.97. The van der Waals surface area contributed by atoms with Gasteiger partial charge in [-0.2, -0.15) is 5.10 Å². The third-order valence-corrected chi connectivity index (χ3v) is 5.98. The van der Waals surface area contributed by atoms with Crippen LogP contribution >= 0.6 is 11.6 Å². The summed E-state index contributed by atoms with van der Waals surface area (Å²) in [6.45, 7) is 3.43. The van der Waals surface area contributed by atoms with E-state index >= 15 is 0 Å². The third kappa shape index (κ3) is 3.83. The monoisotopic (exact) mass is 353 g/mol. The topological polar surface area (TPSA) is 53.3 Å². The van der Waals surface area contributed by atoms with E-state index in [-0.39, 0.29) is 6.10 Å². The highest BCUT2D eigenvalue weighted by Gasteiger charge is 2.32. The zero-order chi connectivity index (χ0) is 16.4. The molecule has 7 heteroatoms. The van der Waals surface area contributed by atoms with Gasteiger partial charge in [-0.15, -0.1) is 4.31 Å². The first-order valence-electron chi connectivity index (χ1n) is 7.62. The molecule has 0 saturated carbocycles. The first-order chi connectivity index (χ1) is 11.0. The van der Waals surface area contributed by atoms with Crippen LogP contribution in [0, 0.1) is 6.92 Å². The maximum Gasteiger partial charge on any atom is 0.267 e. The molecule has 3 rings (SSSR count). The molecular formula is C16H20ClN3O2S. The molecule has 2 heterocycles. The standard InChI is InChI=1S/C16H20ClN3O2S/c1-12-11-18-19(2)16(12)23(21)20-9-7-15(8-10-20)22-14-5-3-13(17)4-6-14/h3-6,11,15H,7-10H2,1-2H3. The van der Waals surface area contributed by atoms with Crippen LogP contribution in [0.25, 0.3) is 0 Å². The van der Waals surface area contributed by atoms with E-state index in [4.69, 9.17) is 16.3 Å². The van der Waals surface area contributed by atoms with Gasteiger partial charge < -0.3 is 9.29 Å². The second kappa shape index (κ2) is 7.13. The summed E-state index contributed by atoms with van der Waals surface area (Å²) in [5, 5.41) is 5.65. The number of hydrogen-bond donors (Lipinski definition) is 0. The number of nitrogens with zero attached hydrogens (tertiary/aromatic N) is 3. The van der Waals surface area contributed by atoms with Gasteiger partial charge in [-0.05, 0) is 31.2 Å². The van der Waals surface area contributed by atoms with E-state index < -0.39 is 11.4 Å². The van der Waals surface area contributed by atoms with Gasteiger partial charge >= 0.3 is 0 Å². The highest BCUT2D eigenvalue weighted by atomic mass is 35.5. The zero-order valence-corrected chi connectivity index (χ0v) is 14.8. The second-order valence-corrected chi connectivity index (χ2v) is 7.54. The number of aryl methyl sites for hydroxylation is 2. The average molecular weight is 354 g/mol. The van der Waals surface area contributed by atoms with Crippen LogP contribution in [-0.4, -0.2) is 37.8 Å². The van der Waals surface area contributed by atoms with Gasteiger partial charge in [0, 0.05) is 43.6 Å². The number of benzene rings is 1. The largest absolute Gasteiger partial charge is 0.592 e. The van der Waals surface area contributed by atoms with Crippen LogP contribution < -0.4 is 4.74 Å². The SMILES string of the molecule is Cc1cnn(C)c1[S+]([O-])N1CCC(Oc2ccc(Cl)cc2)CC1. The van der Waals surface area contributed by atoms with Crippen LogP contribution in [-0.2, 0) is 18.4 Å². The summed E-state index contributed by atoms with van der Waals surface area (Å²) in [6, 6.07) is 7.41. The van der Waals surface area contributed by atoms with Crippen molar-refractivity contribution in [3.05, 3.63) is 41.0 Å². The summed E-state index contributed by atoms with van der Waals surface area (Å²) in [4.78, 5) is 0. The van der Waals surface area contributed by atoms with Gasteiger partial charge in [-0.1, -0.05) is 11.6 Å². The summed E-state index contributed by atoms with van der Waals surface area (Å²) >= 11 is 4.71. The molecule has 0 radical (unpaired) electrons. The average Bonchev–Trinajstić information content (AvgIpc) is 2.88. The first kappa shape index (κ1) is 16.6. The molecule has 124 valence electrons. The lowest BCUT2D eigenvalue weighted by Crippen LogP contribution is -2.42. The van der Waals surface area contributed by atoms with Gasteiger partial charge in [-0.3, -0.25) is 0 Å². The Labute approximate surface area is 144 Å². The molecule has 0 bridgehead atoms. The van der Waals surface area contributed by atoms with E-state index in [1.165, 1.54) is 0 Å². The minimum Gasteiger partial charge on any atom is -0.592 e. The summed E-state index contributed by atoms with van der Waals surface area (Å²) in [7, 11) is 1.83. The maximum atomic E-state index is 12.7. The van der Waals surface area contributed by atoms with Crippen molar-refractivity contribution in [2.75, 3.05) is 13.1 Å². The van der Waals surface area contributed by atoms with Crippen molar-refractivity contribution in [2.45, 2.75) is 30.9 Å². The number of halogens is 1. The molecule has 0 aliphatic carbocycles. The smallest absolute Gasteiger partial charge is 0.267 e. The van der Waals surface area contributed by atoms with Gasteiger partial charge in [-0.25, -0.2) is 4.68 Å². The number of hydrogen-bond acceptors (Lipinski definition) is 4. The van der Waals surface area contributed by atoms with Gasteiger partial charge in [0.25, 0.3) is 5.03 Å². The number of rotatable bonds is 4. The molecule has 23 heavy (non-hydrogen) atoms. The lowest BCUT2D eigenvalue weighted by atomic mass is 10.1. The summed E-state index contributed by atoms with van der Waals surface area (Å²) in [5.74, 6) is 0.830. The summed E-state index contributed by atoms with van der Waals surface area (Å²) in [5.41, 5.74) is 0.963. The highest BCUT2D eigenvalue weighted by molar-refractivity contribution is 7.89. The molecular weight excluding hydrogens is 334 g/mol. The fraction of sp³-hybridized carbons (Fsp3) is 0.438. The molecule has 2 aromatic rings. The van der Waals surface area contributed by atoms with Crippen LogP contribution in [0.2, 0.25) is 5.02 Å². The normalized spacial score (nSPS) is 18.1. The van der Waals surface area contributed by atoms with Gasteiger partial charge in [0.05, 0.1) is 6.20 Å². The molecule has 1 unspecified atom stereocenters. The molecule has 1 aromatic heterocycles. The number of aromatic nitrogens is 2. The van der Waals surface area contributed by atoms with E-state index in [9.17, 15) is 4.55 Å². The molecule has 1 saturated heterocycles. The van der Waals surface area contributed by atoms with Gasteiger partial charge in [0.2, 0.25) is 0 Å². The molecule has 1 aliphatic rings. The van der Waals surface area contributed by atoms with E-state index in [2.05, 4.69) is 5.10 Å². The lowest BCUT2D eigenvalue weighted by Gasteiger charge is -2.31. The van der Waals surface area contributed by atoms with Crippen molar-refractivity contribution in [2.24, 2.45) is 7.05 Å². The van der Waals surface area contributed by atoms with E-state index in [1.807, 2.05) is 42.5 Å². The van der Waals surface area contributed by atoms with Crippen molar-refractivity contribution in [1.29, 1.82) is 0 Å². The lowest BCUT2D eigenvalue weighted by molar-refractivity contribution is 0.135. The van der Waals surface area contributed by atoms with E-state index in [0.717, 1.165) is 42.3 Å². The second-order valence-electron chi connectivity index (χ2n) is 5.71. The first-order valence-corrected chi connectivity index (χ1v) is 9.10. The van der Waals surface area contributed by atoms with Crippen molar-refractivity contribution in [1.82, 2.24) is 14.1 Å². The van der Waals surface area contributed by atoms with Crippen LogP contribution in [0.5, 0.6) is 5.75 Å². The minimum absolute atomic E-state index is 0.150. The van der Waals surface area contributed by atoms with Crippen molar-refractivity contribution in [3.8, 4) is 5.75 Å². The van der Waals surface area contributed by atoms with Crippen molar-refractivity contribution in [3.63, 3.8) is 0 Å². The van der Waals surface area contributed by atoms with Crippen LogP contribution in [0.1, 0.15) is 18.4 Å². The van der Waals surface area contributed by atoms with Crippen molar-refractivity contribution < 1.29 is 9.29 Å². The van der Waals surface area contributed by atoms with Crippen molar-refractivity contribution >= 4 is 23.0 Å². The summed E-state index contributed by atoms with van der Waals surface area (Å²) in [6.07, 6.45) is 3.61. The molecule has 1 fully saturated rings. The predicted octanol–water partition coefficient (Wildman–Crippen LogP) is 2.95. The number of ether oxygens (including phenoxy) is 1. The molecule has 0 amide bonds. The van der Waals surface area contributed by atoms with Crippen LogP contribution in [0.3, 0.4) is 0 Å². The molecule has 1 aromatic carbocycles. The Morgan fingerprint density at radius 1 is 1.26 bits per heavy atom. The quantitative estimate of drug-likeness (QED) is 0.793. The van der Waals surface area contributed by atoms with Gasteiger partial charge in [0.15, 0.2) is 0 Å². The van der Waals surface area contributed by atoms with E-state index in [1.54, 1.807) is 10.9 Å². The highest BCUT2D eigenvalue weighted by Crippen LogP contribution is 2.25. The fourth-order valence-corrected chi connectivity index (χ4v) is 4.24. The van der Waals surface area contributed by atoms with Crippen LogP contribution in [0.4, 0.5) is 0 Å². The Balaban J connectivity index is 1.57. The molecule has 1 aliphatic heterocycles. The number of piperidine rings is 1. The fourth-order valence-electron chi connectivity index (χ4n) is 2.73. The zero-order valence-electron chi connectivity index (χ0n) is 13.2. The van der Waals surface area contributed by atoms with E-state index in [0.29, 0.717) is 5.02 Å². The van der Waals surface area contributed by atoms with Gasteiger partial charge in [0.1, 0.15) is 23.2 Å². The molecule has 5 nitrogen and oxygen atoms in total. The Hall–Kier alpha value is -1.21. The molecule has 0 spiro atoms. The van der Waals surface area contributed by atoms with Crippen LogP contribution in [0.15, 0.2) is 35.5 Å². The Morgan fingerprint density at radius 3 is 2.48 bits per heavy atom. The molecule has 1 atom stereocenters.